The van der Waals surface area contributed by atoms with Crippen LogP contribution in [0.3, 0.4) is 0 Å². The minimum absolute atomic E-state index is 0.214. The van der Waals surface area contributed by atoms with Crippen LogP contribution < -0.4 is 5.32 Å². The number of halogens is 2. The number of benzene rings is 1. The molecule has 1 saturated heterocycles. The number of aliphatic hydroxyl groups excluding tert-OH is 1. The number of hydrogen-bond acceptors (Lipinski definition) is 6. The molecule has 6 nitrogen and oxygen atoms in total. The molecular weight excluding hydrogens is 395 g/mol. The van der Waals surface area contributed by atoms with Gasteiger partial charge in [-0.3, -0.25) is 4.99 Å². The first kappa shape index (κ1) is 20.2. The predicted molar refractivity (Wildman–Crippen MR) is 112 cm³/mol. The highest BCUT2D eigenvalue weighted by molar-refractivity contribution is 6.32. The number of ether oxygens (including phenoxy) is 1. The largest absolute Gasteiger partial charge is 0.389 e. The standard InChI is InChI=1S/C21H24ClFN4O2/c1-4-21(3)11(2)25-19-13(21)7-12(8-15(19)23)18-14(22)9-24-20(27-18)26-16-5-6-29-10-17(16)28/h7-9,16-17,28H,4-6,10H2,1-3H3,(H,24,26,27)/t16-,17-,21?/m1/s1. The molecule has 0 bridgehead atoms. The van der Waals surface area contributed by atoms with Gasteiger partial charge in [0.05, 0.1) is 35.7 Å². The zero-order valence-electron chi connectivity index (χ0n) is 16.7. The maximum absolute atomic E-state index is 14.9. The number of hydrogen-bond donors (Lipinski definition) is 2. The highest BCUT2D eigenvalue weighted by Crippen LogP contribution is 2.45. The fraction of sp³-hybridized carbons (Fsp3) is 0.476. The average molecular weight is 419 g/mol. The van der Waals surface area contributed by atoms with Crippen molar-refractivity contribution in [2.75, 3.05) is 18.5 Å². The summed E-state index contributed by atoms with van der Waals surface area (Å²) in [6, 6.07) is 3.12. The summed E-state index contributed by atoms with van der Waals surface area (Å²) in [6.07, 6.45) is 2.30. The van der Waals surface area contributed by atoms with E-state index in [-0.39, 0.29) is 18.1 Å². The van der Waals surface area contributed by atoms with Crippen LogP contribution in [0.25, 0.3) is 11.3 Å². The first-order valence-electron chi connectivity index (χ1n) is 9.78. The maximum atomic E-state index is 14.9. The van der Waals surface area contributed by atoms with Crippen molar-refractivity contribution < 1.29 is 14.2 Å². The number of aliphatic hydroxyl groups is 1. The Hall–Kier alpha value is -2.09. The summed E-state index contributed by atoms with van der Waals surface area (Å²) < 4.78 is 20.1. The lowest BCUT2D eigenvalue weighted by Gasteiger charge is -2.28. The van der Waals surface area contributed by atoms with Gasteiger partial charge >= 0.3 is 0 Å². The third-order valence-electron chi connectivity index (χ3n) is 6.10. The van der Waals surface area contributed by atoms with Crippen LogP contribution in [-0.4, -0.2) is 46.1 Å². The van der Waals surface area contributed by atoms with E-state index in [2.05, 4.69) is 34.1 Å². The quantitative estimate of drug-likeness (QED) is 0.775. The zero-order chi connectivity index (χ0) is 20.8. The van der Waals surface area contributed by atoms with Gasteiger partial charge in [-0.15, -0.1) is 0 Å². The van der Waals surface area contributed by atoms with Gasteiger partial charge < -0.3 is 15.2 Å². The third-order valence-corrected chi connectivity index (χ3v) is 6.38. The van der Waals surface area contributed by atoms with Crippen molar-refractivity contribution in [2.24, 2.45) is 4.99 Å². The minimum atomic E-state index is -0.644. The Kier molecular flexibility index (Phi) is 5.31. The van der Waals surface area contributed by atoms with Gasteiger partial charge in [-0.25, -0.2) is 14.4 Å². The van der Waals surface area contributed by atoms with Crippen LogP contribution in [0.15, 0.2) is 23.3 Å². The summed E-state index contributed by atoms with van der Waals surface area (Å²) in [5, 5.41) is 13.6. The van der Waals surface area contributed by atoms with Crippen LogP contribution in [0.4, 0.5) is 16.0 Å². The Balaban J connectivity index is 1.72. The molecule has 0 spiro atoms. The molecular formula is C21H24ClFN4O2. The summed E-state index contributed by atoms with van der Waals surface area (Å²) in [4.78, 5) is 13.2. The first-order chi connectivity index (χ1) is 13.8. The molecule has 8 heteroatoms. The van der Waals surface area contributed by atoms with Crippen LogP contribution in [0.1, 0.15) is 39.2 Å². The van der Waals surface area contributed by atoms with Crippen molar-refractivity contribution in [2.45, 2.75) is 51.2 Å². The second kappa shape index (κ2) is 7.63. The lowest BCUT2D eigenvalue weighted by Crippen LogP contribution is -2.42. The predicted octanol–water partition coefficient (Wildman–Crippen LogP) is 4.27. The number of nitrogens with zero attached hydrogens (tertiary/aromatic N) is 3. The number of aromatic nitrogens is 2. The molecule has 1 aromatic heterocycles. The van der Waals surface area contributed by atoms with E-state index >= 15 is 0 Å². The van der Waals surface area contributed by atoms with E-state index in [1.54, 1.807) is 0 Å². The van der Waals surface area contributed by atoms with E-state index in [0.29, 0.717) is 40.9 Å². The topological polar surface area (TPSA) is 79.6 Å². The molecule has 3 heterocycles. The van der Waals surface area contributed by atoms with E-state index in [1.807, 2.05) is 13.0 Å². The second-order valence-corrected chi connectivity index (χ2v) is 8.22. The molecule has 1 unspecified atom stereocenters. The summed E-state index contributed by atoms with van der Waals surface area (Å²) >= 11 is 6.37. The van der Waals surface area contributed by atoms with Crippen molar-refractivity contribution in [3.8, 4) is 11.3 Å². The molecule has 4 rings (SSSR count). The highest BCUT2D eigenvalue weighted by atomic mass is 35.5. The molecule has 0 radical (unpaired) electrons. The molecule has 154 valence electrons. The Bertz CT molecular complexity index is 983. The summed E-state index contributed by atoms with van der Waals surface area (Å²) in [6.45, 7) is 6.89. The van der Waals surface area contributed by atoms with Crippen molar-refractivity contribution >= 4 is 28.9 Å². The summed E-state index contributed by atoms with van der Waals surface area (Å²) in [5.74, 6) is -0.0556. The lowest BCUT2D eigenvalue weighted by molar-refractivity contribution is -0.0136. The Labute approximate surface area is 174 Å². The molecule has 29 heavy (non-hydrogen) atoms. The number of fused-ring (bicyclic) bond motifs is 1. The van der Waals surface area contributed by atoms with Gasteiger partial charge in [0.1, 0.15) is 11.5 Å². The lowest BCUT2D eigenvalue weighted by atomic mass is 9.77. The van der Waals surface area contributed by atoms with E-state index < -0.39 is 11.9 Å². The molecule has 0 amide bonds. The van der Waals surface area contributed by atoms with Gasteiger partial charge in [-0.05, 0) is 37.5 Å². The number of nitrogens with one attached hydrogen (secondary N) is 1. The van der Waals surface area contributed by atoms with E-state index in [9.17, 15) is 9.50 Å². The second-order valence-electron chi connectivity index (χ2n) is 7.81. The molecule has 2 aliphatic rings. The van der Waals surface area contributed by atoms with E-state index in [4.69, 9.17) is 16.3 Å². The van der Waals surface area contributed by atoms with Gasteiger partial charge in [0, 0.05) is 23.3 Å². The maximum Gasteiger partial charge on any atom is 0.223 e. The molecule has 0 saturated carbocycles. The monoisotopic (exact) mass is 418 g/mol. The van der Waals surface area contributed by atoms with Crippen LogP contribution in [0.5, 0.6) is 0 Å². The minimum Gasteiger partial charge on any atom is -0.389 e. The van der Waals surface area contributed by atoms with E-state index in [1.165, 1.54) is 12.3 Å². The third kappa shape index (κ3) is 3.52. The summed E-state index contributed by atoms with van der Waals surface area (Å²) in [7, 11) is 0. The summed E-state index contributed by atoms with van der Waals surface area (Å²) in [5.41, 5.74) is 2.83. The molecule has 2 N–H and O–H groups in total. The van der Waals surface area contributed by atoms with Crippen LogP contribution in [0.2, 0.25) is 5.02 Å². The smallest absolute Gasteiger partial charge is 0.223 e. The number of anilines is 1. The number of aliphatic imine (C=N–C) groups is 1. The Morgan fingerprint density at radius 1 is 1.41 bits per heavy atom. The highest BCUT2D eigenvalue weighted by Gasteiger charge is 2.37. The SMILES string of the molecule is CCC1(C)C(C)=Nc2c(F)cc(-c3nc(N[C@@H]4CCOC[C@H]4O)ncc3Cl)cc21. The van der Waals surface area contributed by atoms with Crippen molar-refractivity contribution in [3.63, 3.8) is 0 Å². The van der Waals surface area contributed by atoms with Gasteiger partial charge in [0.15, 0.2) is 0 Å². The normalized spacial score (nSPS) is 26.2. The molecule has 2 aromatic rings. The number of rotatable bonds is 4. The molecule has 1 fully saturated rings. The van der Waals surface area contributed by atoms with Crippen molar-refractivity contribution in [3.05, 3.63) is 34.7 Å². The zero-order valence-corrected chi connectivity index (χ0v) is 17.4. The Morgan fingerprint density at radius 2 is 2.21 bits per heavy atom. The average Bonchev–Trinajstić information content (AvgIpc) is 2.97. The Morgan fingerprint density at radius 3 is 2.93 bits per heavy atom. The molecule has 2 aliphatic heterocycles. The fourth-order valence-electron chi connectivity index (χ4n) is 3.90. The van der Waals surface area contributed by atoms with Crippen LogP contribution in [0, 0.1) is 5.82 Å². The van der Waals surface area contributed by atoms with E-state index in [0.717, 1.165) is 17.7 Å². The van der Waals surface area contributed by atoms with Gasteiger partial charge in [-0.2, -0.15) is 0 Å². The van der Waals surface area contributed by atoms with Gasteiger partial charge in [0.25, 0.3) is 0 Å². The van der Waals surface area contributed by atoms with Crippen molar-refractivity contribution in [1.82, 2.24) is 9.97 Å². The van der Waals surface area contributed by atoms with Crippen LogP contribution in [-0.2, 0) is 10.2 Å². The molecule has 0 aliphatic carbocycles. The molecule has 1 aromatic carbocycles. The fourth-order valence-corrected chi connectivity index (χ4v) is 4.10. The molecule has 3 atom stereocenters. The van der Waals surface area contributed by atoms with Crippen molar-refractivity contribution in [1.29, 1.82) is 0 Å². The van der Waals surface area contributed by atoms with Gasteiger partial charge in [-0.1, -0.05) is 25.4 Å². The first-order valence-corrected chi connectivity index (χ1v) is 10.2. The van der Waals surface area contributed by atoms with Crippen LogP contribution >= 0.6 is 11.6 Å². The van der Waals surface area contributed by atoms with Gasteiger partial charge in [0.2, 0.25) is 5.95 Å².